The molecular weight excluding hydrogens is 426 g/mol. The number of nitrogens with zero attached hydrogens (tertiary/aromatic N) is 5. The minimum absolute atomic E-state index is 0.323. The van der Waals surface area contributed by atoms with Crippen molar-refractivity contribution in [3.05, 3.63) is 60.3 Å². The summed E-state index contributed by atoms with van der Waals surface area (Å²) in [5.41, 5.74) is 2.98. The molecule has 7 heteroatoms. The molecule has 0 N–H and O–H groups in total. The molecule has 0 bridgehead atoms. The molecule has 0 spiro atoms. The third-order valence-electron chi connectivity index (χ3n) is 6.16. The summed E-state index contributed by atoms with van der Waals surface area (Å²) >= 11 is 0. The Morgan fingerprint density at radius 2 is 1.59 bits per heavy atom. The molecule has 1 aliphatic heterocycles. The summed E-state index contributed by atoms with van der Waals surface area (Å²) in [5, 5.41) is 9.93. The van der Waals surface area contributed by atoms with Gasteiger partial charge in [0.1, 0.15) is 5.69 Å². The van der Waals surface area contributed by atoms with Crippen molar-refractivity contribution in [1.82, 2.24) is 9.97 Å². The molecule has 1 aromatic heterocycles. The number of ether oxygens (including phenoxy) is 1. The molecule has 0 aliphatic carbocycles. The zero-order valence-electron chi connectivity index (χ0n) is 19.7. The SMILES string of the molecule is CCCCCCOC(=O)C(C#N)c1nc2ccccc2nc1N1CCN(c2ccccc2)CC1. The number of anilines is 2. The lowest BCUT2D eigenvalue weighted by Gasteiger charge is -2.37. The summed E-state index contributed by atoms with van der Waals surface area (Å²) in [6.07, 6.45) is 4.03. The highest BCUT2D eigenvalue weighted by molar-refractivity contribution is 5.85. The van der Waals surface area contributed by atoms with Gasteiger partial charge in [-0.3, -0.25) is 4.79 Å². The second-order valence-electron chi connectivity index (χ2n) is 8.52. The topological polar surface area (TPSA) is 82.3 Å². The van der Waals surface area contributed by atoms with Crippen LogP contribution in [0.2, 0.25) is 0 Å². The van der Waals surface area contributed by atoms with Gasteiger partial charge in [0.15, 0.2) is 11.7 Å². The van der Waals surface area contributed by atoms with Gasteiger partial charge in [0.25, 0.3) is 0 Å². The van der Waals surface area contributed by atoms with Crippen molar-refractivity contribution < 1.29 is 9.53 Å². The van der Waals surface area contributed by atoms with Crippen LogP contribution >= 0.6 is 0 Å². The van der Waals surface area contributed by atoms with Crippen molar-refractivity contribution in [1.29, 1.82) is 5.26 Å². The maximum Gasteiger partial charge on any atom is 0.329 e. The molecule has 0 saturated carbocycles. The van der Waals surface area contributed by atoms with Gasteiger partial charge in [0, 0.05) is 31.9 Å². The van der Waals surface area contributed by atoms with Crippen molar-refractivity contribution in [3.8, 4) is 6.07 Å². The highest BCUT2D eigenvalue weighted by atomic mass is 16.5. The third kappa shape index (κ3) is 5.45. The first-order chi connectivity index (χ1) is 16.7. The van der Waals surface area contributed by atoms with Crippen molar-refractivity contribution >= 4 is 28.5 Å². The molecule has 0 radical (unpaired) electrons. The molecule has 0 amide bonds. The van der Waals surface area contributed by atoms with Crippen LogP contribution in [-0.4, -0.2) is 48.7 Å². The number of carbonyl (C=O) groups is 1. The number of aromatic nitrogens is 2. The first-order valence-electron chi connectivity index (χ1n) is 12.1. The summed E-state index contributed by atoms with van der Waals surface area (Å²) in [7, 11) is 0. The number of nitriles is 1. The average molecular weight is 458 g/mol. The van der Waals surface area contributed by atoms with Crippen LogP contribution in [0.5, 0.6) is 0 Å². The van der Waals surface area contributed by atoms with Gasteiger partial charge in [-0.15, -0.1) is 0 Å². The van der Waals surface area contributed by atoms with Crippen LogP contribution in [0.15, 0.2) is 54.6 Å². The van der Waals surface area contributed by atoms with Gasteiger partial charge in [-0.05, 0) is 30.7 Å². The zero-order valence-corrected chi connectivity index (χ0v) is 19.7. The molecule has 1 fully saturated rings. The normalized spacial score (nSPS) is 14.6. The number of unbranched alkanes of at least 4 members (excludes halogenated alkanes) is 3. The maximum atomic E-state index is 12.9. The Kier molecular flexibility index (Phi) is 7.92. The minimum atomic E-state index is -1.11. The van der Waals surface area contributed by atoms with Crippen LogP contribution in [0.3, 0.4) is 0 Å². The maximum absolute atomic E-state index is 12.9. The highest BCUT2D eigenvalue weighted by Gasteiger charge is 2.31. The molecule has 34 heavy (non-hydrogen) atoms. The van der Waals surface area contributed by atoms with E-state index in [-0.39, 0.29) is 0 Å². The largest absolute Gasteiger partial charge is 0.464 e. The molecule has 1 aliphatic rings. The van der Waals surface area contributed by atoms with Gasteiger partial charge >= 0.3 is 5.97 Å². The summed E-state index contributed by atoms with van der Waals surface area (Å²) in [5.74, 6) is -1.06. The molecule has 3 aromatic rings. The standard InChI is InChI=1S/C27H31N5O2/c1-2-3-4-10-19-34-27(33)22(20-28)25-26(30-24-14-9-8-13-23(24)29-25)32-17-15-31(16-18-32)21-11-6-5-7-12-21/h5-9,11-14,22H,2-4,10,15-19H2,1H3. The summed E-state index contributed by atoms with van der Waals surface area (Å²) in [6.45, 7) is 5.53. The second-order valence-corrected chi connectivity index (χ2v) is 8.52. The number of hydrogen-bond acceptors (Lipinski definition) is 7. The van der Waals surface area contributed by atoms with Crippen LogP contribution in [0.25, 0.3) is 11.0 Å². The van der Waals surface area contributed by atoms with Gasteiger partial charge in [-0.25, -0.2) is 9.97 Å². The van der Waals surface area contributed by atoms with Crippen molar-refractivity contribution in [2.75, 3.05) is 42.6 Å². The van der Waals surface area contributed by atoms with Crippen molar-refractivity contribution in [2.45, 2.75) is 38.5 Å². The minimum Gasteiger partial charge on any atom is -0.464 e. The first-order valence-corrected chi connectivity index (χ1v) is 12.1. The molecule has 176 valence electrons. The van der Waals surface area contributed by atoms with E-state index in [4.69, 9.17) is 14.7 Å². The Hall–Kier alpha value is -3.66. The summed E-state index contributed by atoms with van der Waals surface area (Å²) in [6, 6.07) is 20.0. The number of esters is 1. The predicted molar refractivity (Wildman–Crippen MR) is 134 cm³/mol. The molecule has 2 aromatic carbocycles. The molecule has 1 unspecified atom stereocenters. The molecular formula is C27H31N5O2. The van der Waals surface area contributed by atoms with E-state index >= 15 is 0 Å². The Bertz CT molecular complexity index is 1140. The molecule has 7 nitrogen and oxygen atoms in total. The van der Waals surface area contributed by atoms with Gasteiger partial charge in [0.05, 0.1) is 23.7 Å². The van der Waals surface area contributed by atoms with Crippen LogP contribution < -0.4 is 9.80 Å². The fourth-order valence-corrected chi connectivity index (χ4v) is 4.26. The van der Waals surface area contributed by atoms with Gasteiger partial charge in [0.2, 0.25) is 0 Å². The number of fused-ring (bicyclic) bond motifs is 1. The van der Waals surface area contributed by atoms with Crippen LogP contribution in [0, 0.1) is 11.3 Å². The summed E-state index contributed by atoms with van der Waals surface area (Å²) in [4.78, 5) is 26.9. The second kappa shape index (κ2) is 11.5. The van der Waals surface area contributed by atoms with E-state index in [0.717, 1.165) is 57.4 Å². The van der Waals surface area contributed by atoms with E-state index in [0.29, 0.717) is 23.6 Å². The summed E-state index contributed by atoms with van der Waals surface area (Å²) < 4.78 is 5.47. The lowest BCUT2D eigenvalue weighted by molar-refractivity contribution is -0.144. The third-order valence-corrected chi connectivity index (χ3v) is 6.16. The van der Waals surface area contributed by atoms with Gasteiger partial charge in [-0.2, -0.15) is 5.26 Å². The van der Waals surface area contributed by atoms with E-state index in [9.17, 15) is 10.1 Å². The smallest absolute Gasteiger partial charge is 0.329 e. The Labute approximate surface area is 201 Å². The predicted octanol–water partition coefficient (Wildman–Crippen LogP) is 4.69. The Balaban J connectivity index is 1.56. The monoisotopic (exact) mass is 457 g/mol. The number of benzene rings is 2. The zero-order chi connectivity index (χ0) is 23.8. The number of para-hydroxylation sites is 3. The fraction of sp³-hybridized carbons (Fsp3) is 0.407. The average Bonchev–Trinajstić information content (AvgIpc) is 2.89. The lowest BCUT2D eigenvalue weighted by Crippen LogP contribution is -2.47. The van der Waals surface area contributed by atoms with E-state index in [1.807, 2.05) is 42.5 Å². The van der Waals surface area contributed by atoms with E-state index in [1.165, 1.54) is 5.69 Å². The van der Waals surface area contributed by atoms with Crippen molar-refractivity contribution in [2.24, 2.45) is 0 Å². The number of rotatable bonds is 9. The van der Waals surface area contributed by atoms with Crippen molar-refractivity contribution in [3.63, 3.8) is 0 Å². The van der Waals surface area contributed by atoms with E-state index < -0.39 is 11.9 Å². The first kappa shape index (κ1) is 23.5. The number of carbonyl (C=O) groups excluding carboxylic acids is 1. The number of piperazine rings is 1. The molecule has 1 atom stereocenters. The fourth-order valence-electron chi connectivity index (χ4n) is 4.26. The van der Waals surface area contributed by atoms with E-state index in [2.05, 4.69) is 34.9 Å². The highest BCUT2D eigenvalue weighted by Crippen LogP contribution is 2.29. The molecule has 2 heterocycles. The van der Waals surface area contributed by atoms with Gasteiger partial charge < -0.3 is 14.5 Å². The van der Waals surface area contributed by atoms with Crippen LogP contribution in [0.1, 0.15) is 44.2 Å². The van der Waals surface area contributed by atoms with E-state index in [1.54, 1.807) is 0 Å². The Morgan fingerprint density at radius 3 is 2.26 bits per heavy atom. The van der Waals surface area contributed by atoms with Crippen LogP contribution in [0.4, 0.5) is 11.5 Å². The Morgan fingerprint density at radius 1 is 0.941 bits per heavy atom. The number of hydrogen-bond donors (Lipinski definition) is 0. The molecule has 1 saturated heterocycles. The van der Waals surface area contributed by atoms with Crippen LogP contribution in [-0.2, 0) is 9.53 Å². The van der Waals surface area contributed by atoms with Gasteiger partial charge in [-0.1, -0.05) is 56.5 Å². The lowest BCUT2D eigenvalue weighted by atomic mass is 10.1. The molecule has 4 rings (SSSR count). The quantitative estimate of drug-likeness (QED) is 0.341.